The minimum atomic E-state index is -0.918. The molecule has 0 radical (unpaired) electrons. The quantitative estimate of drug-likeness (QED) is 0.861. The predicted molar refractivity (Wildman–Crippen MR) is 86.1 cm³/mol. The molecular formula is C16H21N3O3. The van der Waals surface area contributed by atoms with Gasteiger partial charge >= 0.3 is 12.0 Å². The average molecular weight is 303 g/mol. The number of carbonyl (C=O) groups is 2. The van der Waals surface area contributed by atoms with Crippen LogP contribution >= 0.6 is 0 Å². The summed E-state index contributed by atoms with van der Waals surface area (Å²) in [5.41, 5.74) is 1.78. The van der Waals surface area contributed by atoms with Crippen molar-refractivity contribution in [2.24, 2.45) is 0 Å². The van der Waals surface area contributed by atoms with Crippen molar-refractivity contribution in [2.75, 3.05) is 18.9 Å². The number of hydrogen-bond acceptors (Lipinski definition) is 2. The number of anilines is 1. The fourth-order valence-corrected chi connectivity index (χ4v) is 2.28. The van der Waals surface area contributed by atoms with E-state index >= 15 is 0 Å². The van der Waals surface area contributed by atoms with E-state index in [1.54, 1.807) is 7.05 Å². The first-order valence-corrected chi connectivity index (χ1v) is 7.34. The monoisotopic (exact) mass is 303 g/mol. The number of aliphatic carboxylic acids is 1. The van der Waals surface area contributed by atoms with Crippen LogP contribution in [-0.4, -0.2) is 40.2 Å². The maximum Gasteiger partial charge on any atom is 0.321 e. The number of carboxylic acid groups (broad SMARTS) is 1. The highest BCUT2D eigenvalue weighted by Gasteiger charge is 2.11. The van der Waals surface area contributed by atoms with Gasteiger partial charge in [0.05, 0.1) is 11.9 Å². The van der Waals surface area contributed by atoms with Gasteiger partial charge in [0.2, 0.25) is 0 Å². The standard InChI is InChI=1S/C16H21N3O3/c1-3-8-19-10-6-12-4-5-13(11-14(12)19)17-16(22)18(2)9-7-15(20)21/h4-6,10-11H,3,7-9H2,1-2H3,(H,17,22)(H,20,21). The van der Waals surface area contributed by atoms with Gasteiger partial charge in [0.25, 0.3) is 0 Å². The van der Waals surface area contributed by atoms with Gasteiger partial charge in [0, 0.05) is 32.0 Å². The minimum Gasteiger partial charge on any atom is -0.481 e. The average Bonchev–Trinajstić information content (AvgIpc) is 2.87. The predicted octanol–water partition coefficient (Wildman–Crippen LogP) is 2.99. The zero-order valence-electron chi connectivity index (χ0n) is 12.9. The third-order valence-electron chi connectivity index (χ3n) is 3.50. The number of hydrogen-bond donors (Lipinski definition) is 2. The normalized spacial score (nSPS) is 10.6. The molecule has 22 heavy (non-hydrogen) atoms. The molecule has 0 unspecified atom stereocenters. The molecule has 118 valence electrons. The van der Waals surface area contributed by atoms with Crippen LogP contribution in [-0.2, 0) is 11.3 Å². The SMILES string of the molecule is CCCn1ccc2ccc(NC(=O)N(C)CCC(=O)O)cc21. The van der Waals surface area contributed by atoms with Gasteiger partial charge in [-0.3, -0.25) is 4.79 Å². The van der Waals surface area contributed by atoms with Gasteiger partial charge in [-0.15, -0.1) is 0 Å². The largest absolute Gasteiger partial charge is 0.481 e. The number of rotatable bonds is 6. The van der Waals surface area contributed by atoms with Crippen molar-refractivity contribution in [1.29, 1.82) is 0 Å². The molecule has 0 fully saturated rings. The van der Waals surface area contributed by atoms with Gasteiger partial charge in [0.15, 0.2) is 0 Å². The fourth-order valence-electron chi connectivity index (χ4n) is 2.28. The van der Waals surface area contributed by atoms with Gasteiger partial charge in [-0.2, -0.15) is 0 Å². The zero-order valence-corrected chi connectivity index (χ0v) is 12.9. The number of urea groups is 1. The molecule has 1 aromatic carbocycles. The summed E-state index contributed by atoms with van der Waals surface area (Å²) in [7, 11) is 1.58. The first-order valence-electron chi connectivity index (χ1n) is 7.34. The summed E-state index contributed by atoms with van der Waals surface area (Å²) in [6, 6.07) is 7.49. The topological polar surface area (TPSA) is 74.6 Å². The Morgan fingerprint density at radius 3 is 2.77 bits per heavy atom. The first-order chi connectivity index (χ1) is 10.5. The van der Waals surface area contributed by atoms with E-state index in [1.807, 2.05) is 24.4 Å². The zero-order chi connectivity index (χ0) is 16.1. The molecule has 6 nitrogen and oxygen atoms in total. The molecule has 2 N–H and O–H groups in total. The van der Waals surface area contributed by atoms with E-state index < -0.39 is 5.97 Å². The Labute approximate surface area is 129 Å². The molecule has 1 aromatic heterocycles. The number of amides is 2. The summed E-state index contributed by atoms with van der Waals surface area (Å²) in [6.45, 7) is 3.23. The molecule has 0 spiro atoms. The molecule has 0 saturated carbocycles. The molecule has 0 atom stereocenters. The second kappa shape index (κ2) is 6.98. The van der Waals surface area contributed by atoms with Crippen LogP contribution in [0.4, 0.5) is 10.5 Å². The Kier molecular flexibility index (Phi) is 5.04. The molecule has 6 heteroatoms. The number of aromatic nitrogens is 1. The van der Waals surface area contributed by atoms with E-state index in [0.29, 0.717) is 5.69 Å². The van der Waals surface area contributed by atoms with Gasteiger partial charge in [-0.1, -0.05) is 13.0 Å². The Hall–Kier alpha value is -2.50. The molecule has 0 aliphatic carbocycles. The van der Waals surface area contributed by atoms with E-state index in [0.717, 1.165) is 23.9 Å². The molecule has 0 aliphatic heterocycles. The lowest BCUT2D eigenvalue weighted by atomic mass is 10.2. The van der Waals surface area contributed by atoms with Gasteiger partial charge in [0.1, 0.15) is 0 Å². The highest BCUT2D eigenvalue weighted by atomic mass is 16.4. The molecule has 0 aliphatic rings. The van der Waals surface area contributed by atoms with Crippen molar-refractivity contribution >= 4 is 28.6 Å². The third kappa shape index (κ3) is 3.78. The van der Waals surface area contributed by atoms with Crippen molar-refractivity contribution in [3.8, 4) is 0 Å². The van der Waals surface area contributed by atoms with E-state index in [1.165, 1.54) is 4.90 Å². The van der Waals surface area contributed by atoms with Crippen molar-refractivity contribution in [3.63, 3.8) is 0 Å². The maximum absolute atomic E-state index is 12.0. The number of benzene rings is 1. The second-order valence-corrected chi connectivity index (χ2v) is 5.28. The van der Waals surface area contributed by atoms with Crippen LogP contribution in [0.25, 0.3) is 10.9 Å². The smallest absolute Gasteiger partial charge is 0.321 e. The lowest BCUT2D eigenvalue weighted by Gasteiger charge is -2.17. The second-order valence-electron chi connectivity index (χ2n) is 5.28. The number of aryl methyl sites for hydroxylation is 1. The molecule has 0 bridgehead atoms. The Balaban J connectivity index is 2.08. The van der Waals surface area contributed by atoms with Crippen LogP contribution in [0.2, 0.25) is 0 Å². The minimum absolute atomic E-state index is 0.0672. The van der Waals surface area contributed by atoms with Crippen LogP contribution in [0.5, 0.6) is 0 Å². The molecule has 2 rings (SSSR count). The summed E-state index contributed by atoms with van der Waals surface area (Å²) >= 11 is 0. The van der Waals surface area contributed by atoms with Crippen molar-refractivity contribution in [1.82, 2.24) is 9.47 Å². The van der Waals surface area contributed by atoms with Crippen LogP contribution in [0.15, 0.2) is 30.5 Å². The van der Waals surface area contributed by atoms with Crippen LogP contribution in [0.3, 0.4) is 0 Å². The molecule has 2 amide bonds. The maximum atomic E-state index is 12.0. The summed E-state index contributed by atoms with van der Waals surface area (Å²) in [5.74, 6) is -0.918. The van der Waals surface area contributed by atoms with E-state index in [-0.39, 0.29) is 19.0 Å². The lowest BCUT2D eigenvalue weighted by Crippen LogP contribution is -2.33. The third-order valence-corrected chi connectivity index (χ3v) is 3.50. The number of carbonyl (C=O) groups excluding carboxylic acids is 1. The Morgan fingerprint density at radius 1 is 1.32 bits per heavy atom. The number of carboxylic acids is 1. The van der Waals surface area contributed by atoms with Crippen molar-refractivity contribution < 1.29 is 14.7 Å². The van der Waals surface area contributed by atoms with Crippen LogP contribution in [0, 0.1) is 0 Å². The summed E-state index contributed by atoms with van der Waals surface area (Å²) in [5, 5.41) is 12.6. The Bertz CT molecular complexity index is 678. The van der Waals surface area contributed by atoms with E-state index in [2.05, 4.69) is 22.9 Å². The summed E-state index contributed by atoms with van der Waals surface area (Å²) in [4.78, 5) is 23.9. The number of nitrogens with zero attached hydrogens (tertiary/aromatic N) is 2. The van der Waals surface area contributed by atoms with Crippen LogP contribution in [0.1, 0.15) is 19.8 Å². The summed E-state index contributed by atoms with van der Waals surface area (Å²) < 4.78 is 2.15. The molecule has 2 aromatic rings. The van der Waals surface area contributed by atoms with Gasteiger partial charge < -0.3 is 19.9 Å². The number of fused-ring (bicyclic) bond motifs is 1. The Morgan fingerprint density at radius 2 is 2.09 bits per heavy atom. The van der Waals surface area contributed by atoms with E-state index in [9.17, 15) is 9.59 Å². The highest BCUT2D eigenvalue weighted by molar-refractivity contribution is 5.92. The van der Waals surface area contributed by atoms with Crippen molar-refractivity contribution in [2.45, 2.75) is 26.3 Å². The van der Waals surface area contributed by atoms with Gasteiger partial charge in [-0.25, -0.2) is 4.79 Å². The van der Waals surface area contributed by atoms with Crippen LogP contribution < -0.4 is 5.32 Å². The van der Waals surface area contributed by atoms with E-state index in [4.69, 9.17) is 5.11 Å². The van der Waals surface area contributed by atoms with Crippen molar-refractivity contribution in [3.05, 3.63) is 30.5 Å². The summed E-state index contributed by atoms with van der Waals surface area (Å²) in [6.07, 6.45) is 3.01. The highest BCUT2D eigenvalue weighted by Crippen LogP contribution is 2.21. The number of nitrogens with one attached hydrogen (secondary N) is 1. The fraction of sp³-hybridized carbons (Fsp3) is 0.375. The van der Waals surface area contributed by atoms with Gasteiger partial charge in [-0.05, 0) is 30.0 Å². The first kappa shape index (κ1) is 15.9. The molecule has 1 heterocycles. The lowest BCUT2D eigenvalue weighted by molar-refractivity contribution is -0.137. The molecule has 0 saturated heterocycles. The molecular weight excluding hydrogens is 282 g/mol.